The summed E-state index contributed by atoms with van der Waals surface area (Å²) in [5.41, 5.74) is 2.41. The molecule has 3 rings (SSSR count). The summed E-state index contributed by atoms with van der Waals surface area (Å²) in [4.78, 5) is 0. The first-order valence-electron chi connectivity index (χ1n) is 7.78. The summed E-state index contributed by atoms with van der Waals surface area (Å²) in [5.74, 6) is 3.38. The fraction of sp³-hybridized carbons (Fsp3) is 0.316. The molecule has 1 heterocycles. The van der Waals surface area contributed by atoms with Crippen LogP contribution in [0.15, 0.2) is 36.4 Å². The standard InChI is InChI=1S/C19H21O3.W/c1-3-11-21-17-10-8-15-6-5-14-7-9-16(20-4-2)12-18(14)22-19(15)13-17;/h7-10,12-13H,2-6,11H2,1H3;/q-1;. The molecule has 1 aliphatic rings. The van der Waals surface area contributed by atoms with E-state index in [0.29, 0.717) is 6.61 Å². The number of hydrogen-bond acceptors (Lipinski definition) is 3. The van der Waals surface area contributed by atoms with E-state index in [9.17, 15) is 0 Å². The third kappa shape index (κ3) is 4.29. The molecule has 0 aromatic heterocycles. The molecule has 4 heteroatoms. The van der Waals surface area contributed by atoms with Crippen molar-refractivity contribution in [3.05, 3.63) is 54.4 Å². The predicted molar refractivity (Wildman–Crippen MR) is 87.0 cm³/mol. The van der Waals surface area contributed by atoms with Crippen molar-refractivity contribution in [1.29, 1.82) is 0 Å². The molecule has 122 valence electrons. The average Bonchev–Trinajstić information content (AvgIpc) is 2.71. The van der Waals surface area contributed by atoms with Crippen molar-refractivity contribution in [3.8, 4) is 23.0 Å². The Kier molecular flexibility index (Phi) is 6.53. The first kappa shape index (κ1) is 17.9. The van der Waals surface area contributed by atoms with Gasteiger partial charge in [-0.1, -0.05) is 19.1 Å². The van der Waals surface area contributed by atoms with Crippen LogP contribution in [0, 0.1) is 6.92 Å². The van der Waals surface area contributed by atoms with Gasteiger partial charge in [0.1, 0.15) is 23.0 Å². The number of rotatable bonds is 5. The first-order chi connectivity index (χ1) is 10.8. The molecule has 0 unspecified atom stereocenters. The van der Waals surface area contributed by atoms with Gasteiger partial charge in [-0.3, -0.25) is 0 Å². The molecule has 2 aromatic rings. The van der Waals surface area contributed by atoms with Crippen LogP contribution in [-0.4, -0.2) is 13.2 Å². The van der Waals surface area contributed by atoms with Gasteiger partial charge in [0.05, 0.1) is 6.61 Å². The molecule has 0 spiro atoms. The van der Waals surface area contributed by atoms with Crippen LogP contribution in [-0.2, 0) is 33.9 Å². The normalized spacial score (nSPS) is 12.1. The van der Waals surface area contributed by atoms with Gasteiger partial charge in [0.15, 0.2) is 0 Å². The van der Waals surface area contributed by atoms with Gasteiger partial charge < -0.3 is 21.1 Å². The molecule has 0 bridgehead atoms. The SMILES string of the molecule is [CH2-]COc1ccc2c(c1)Oc1cc(OCCC)ccc1CC2.[W]. The van der Waals surface area contributed by atoms with E-state index in [2.05, 4.69) is 26.0 Å². The summed E-state index contributed by atoms with van der Waals surface area (Å²) >= 11 is 0. The molecular formula is C19H21O3W-. The van der Waals surface area contributed by atoms with Gasteiger partial charge in [-0.15, -0.1) is 0 Å². The molecule has 23 heavy (non-hydrogen) atoms. The van der Waals surface area contributed by atoms with Gasteiger partial charge in [0, 0.05) is 33.2 Å². The van der Waals surface area contributed by atoms with Crippen LogP contribution >= 0.6 is 0 Å². The van der Waals surface area contributed by atoms with Crippen LogP contribution in [0.25, 0.3) is 0 Å². The summed E-state index contributed by atoms with van der Waals surface area (Å²) in [7, 11) is 0. The van der Waals surface area contributed by atoms with E-state index >= 15 is 0 Å². The fourth-order valence-electron chi connectivity index (χ4n) is 2.58. The van der Waals surface area contributed by atoms with E-state index in [1.807, 2.05) is 24.3 Å². The van der Waals surface area contributed by atoms with Crippen molar-refractivity contribution in [3.63, 3.8) is 0 Å². The van der Waals surface area contributed by atoms with E-state index in [1.54, 1.807) is 0 Å². The Hall–Kier alpha value is -1.47. The van der Waals surface area contributed by atoms with E-state index in [1.165, 1.54) is 11.1 Å². The predicted octanol–water partition coefficient (Wildman–Crippen LogP) is 4.58. The monoisotopic (exact) mass is 481 g/mol. The van der Waals surface area contributed by atoms with Crippen LogP contribution in [0.2, 0.25) is 0 Å². The number of fused-ring (bicyclic) bond motifs is 2. The Labute approximate surface area is 152 Å². The molecule has 0 N–H and O–H groups in total. The molecule has 0 radical (unpaired) electrons. The largest absolute Gasteiger partial charge is 0.525 e. The van der Waals surface area contributed by atoms with Gasteiger partial charge in [-0.2, -0.15) is 0 Å². The Morgan fingerprint density at radius 2 is 1.52 bits per heavy atom. The molecule has 0 fully saturated rings. The molecule has 1 aliphatic heterocycles. The molecule has 0 saturated carbocycles. The zero-order chi connectivity index (χ0) is 15.4. The van der Waals surface area contributed by atoms with Crippen molar-refractivity contribution in [2.45, 2.75) is 26.2 Å². The number of hydrogen-bond donors (Lipinski definition) is 0. The number of ether oxygens (including phenoxy) is 3. The third-order valence-corrected chi connectivity index (χ3v) is 3.70. The maximum absolute atomic E-state index is 6.13. The van der Waals surface area contributed by atoms with Crippen LogP contribution < -0.4 is 14.2 Å². The van der Waals surface area contributed by atoms with Crippen molar-refractivity contribution in [2.24, 2.45) is 0 Å². The Morgan fingerprint density at radius 1 is 0.957 bits per heavy atom. The van der Waals surface area contributed by atoms with Crippen LogP contribution in [0.3, 0.4) is 0 Å². The van der Waals surface area contributed by atoms with Crippen molar-refractivity contribution >= 4 is 0 Å². The summed E-state index contributed by atoms with van der Waals surface area (Å²) in [5, 5.41) is 0. The van der Waals surface area contributed by atoms with Gasteiger partial charge in [-0.05, 0) is 49.1 Å². The van der Waals surface area contributed by atoms with Gasteiger partial charge in [0.25, 0.3) is 0 Å². The smallest absolute Gasteiger partial charge is 0.134 e. The summed E-state index contributed by atoms with van der Waals surface area (Å²) in [6.07, 6.45) is 2.92. The summed E-state index contributed by atoms with van der Waals surface area (Å²) < 4.78 is 17.3. The van der Waals surface area contributed by atoms with Crippen molar-refractivity contribution < 1.29 is 35.3 Å². The Bertz CT molecular complexity index is 655. The molecule has 0 amide bonds. The molecule has 2 aromatic carbocycles. The minimum atomic E-state index is 0. The second kappa shape index (κ2) is 8.40. The van der Waals surface area contributed by atoms with Crippen molar-refractivity contribution in [1.82, 2.24) is 0 Å². The zero-order valence-corrected chi connectivity index (χ0v) is 16.3. The first-order valence-corrected chi connectivity index (χ1v) is 7.78. The topological polar surface area (TPSA) is 27.7 Å². The van der Waals surface area contributed by atoms with Crippen molar-refractivity contribution in [2.75, 3.05) is 13.2 Å². The van der Waals surface area contributed by atoms with Crippen LogP contribution in [0.4, 0.5) is 0 Å². The fourth-order valence-corrected chi connectivity index (χ4v) is 2.58. The number of benzene rings is 2. The van der Waals surface area contributed by atoms with Crippen LogP contribution in [0.5, 0.6) is 23.0 Å². The molecule has 0 saturated heterocycles. The Balaban J connectivity index is 0.00000192. The second-order valence-electron chi connectivity index (χ2n) is 5.34. The quantitative estimate of drug-likeness (QED) is 0.586. The Morgan fingerprint density at radius 3 is 2.04 bits per heavy atom. The van der Waals surface area contributed by atoms with E-state index in [4.69, 9.17) is 14.2 Å². The molecule has 0 aliphatic carbocycles. The third-order valence-electron chi connectivity index (χ3n) is 3.70. The van der Waals surface area contributed by atoms with E-state index in [-0.39, 0.29) is 21.1 Å². The van der Waals surface area contributed by atoms with Gasteiger partial charge >= 0.3 is 0 Å². The summed E-state index contributed by atoms with van der Waals surface area (Å²) in [6.45, 7) is 6.93. The van der Waals surface area contributed by atoms with Crippen LogP contribution in [0.1, 0.15) is 24.5 Å². The van der Waals surface area contributed by atoms with E-state index < -0.39 is 0 Å². The summed E-state index contributed by atoms with van der Waals surface area (Å²) in [6, 6.07) is 12.1. The average molecular weight is 481 g/mol. The molecular weight excluding hydrogens is 460 g/mol. The number of aryl methyl sites for hydroxylation is 2. The maximum Gasteiger partial charge on any atom is 0.134 e. The molecule has 3 nitrogen and oxygen atoms in total. The minimum absolute atomic E-state index is 0. The minimum Gasteiger partial charge on any atom is -0.525 e. The van der Waals surface area contributed by atoms with E-state index in [0.717, 1.165) is 48.9 Å². The van der Waals surface area contributed by atoms with Gasteiger partial charge in [0.2, 0.25) is 0 Å². The van der Waals surface area contributed by atoms with Gasteiger partial charge in [-0.25, -0.2) is 0 Å². The second-order valence-corrected chi connectivity index (χ2v) is 5.34. The molecule has 0 atom stereocenters. The maximum atomic E-state index is 6.13. The zero-order valence-electron chi connectivity index (χ0n) is 13.3.